The van der Waals surface area contributed by atoms with Crippen LogP contribution in [0.5, 0.6) is 5.75 Å². The van der Waals surface area contributed by atoms with E-state index < -0.39 is 0 Å². The number of carbonyl (C=O) groups is 3. The van der Waals surface area contributed by atoms with Crippen molar-refractivity contribution in [3.63, 3.8) is 0 Å². The zero-order valence-corrected chi connectivity index (χ0v) is 20.1. The van der Waals surface area contributed by atoms with Gasteiger partial charge in [0.1, 0.15) is 5.75 Å². The summed E-state index contributed by atoms with van der Waals surface area (Å²) in [7, 11) is 1.62. The molecule has 2 fully saturated rings. The Kier molecular flexibility index (Phi) is 6.38. The number of rotatable bonds is 5. The fraction of sp³-hybridized carbons (Fsp3) is 0.346. The quantitative estimate of drug-likeness (QED) is 0.622. The molecule has 2 aromatic rings. The maximum absolute atomic E-state index is 13.1. The molecule has 0 bridgehead atoms. The first kappa shape index (κ1) is 23.2. The van der Waals surface area contributed by atoms with E-state index in [1.54, 1.807) is 37.4 Å². The van der Waals surface area contributed by atoms with Gasteiger partial charge in [-0.2, -0.15) is 0 Å². The molecule has 2 saturated heterocycles. The Hall–Kier alpha value is -3.52. The molecule has 1 aliphatic carbocycles. The standard InChI is InChI=1S/C26H27ClN4O4/c1-35-23-10-9-17(27)14-22(23)30-12-11-18(15-30)28-24(32)16-5-4-6-19(13-16)31-26(34)21-8-3-2-7-20(21)25(33)29-31/h2-6,9-10,13-14,18,20-21H,7-8,11-12,15H2,1H3,(H,28,32)(H,29,33)/t18-,20-,21+/m0/s1. The summed E-state index contributed by atoms with van der Waals surface area (Å²) in [6.07, 6.45) is 5.78. The molecule has 2 aliphatic heterocycles. The summed E-state index contributed by atoms with van der Waals surface area (Å²) in [5.74, 6) is -0.531. The molecule has 2 heterocycles. The third-order valence-corrected chi connectivity index (χ3v) is 7.14. The van der Waals surface area contributed by atoms with Crippen LogP contribution >= 0.6 is 11.6 Å². The fourth-order valence-corrected chi connectivity index (χ4v) is 5.21. The highest BCUT2D eigenvalue weighted by Gasteiger charge is 2.42. The Balaban J connectivity index is 1.27. The number of hydrazine groups is 1. The van der Waals surface area contributed by atoms with Crippen LogP contribution in [-0.2, 0) is 9.59 Å². The highest BCUT2D eigenvalue weighted by atomic mass is 35.5. The first-order chi connectivity index (χ1) is 16.9. The zero-order chi connectivity index (χ0) is 24.5. The van der Waals surface area contributed by atoms with E-state index in [1.807, 2.05) is 24.3 Å². The lowest BCUT2D eigenvalue weighted by molar-refractivity contribution is -0.139. The summed E-state index contributed by atoms with van der Waals surface area (Å²) >= 11 is 6.18. The number of hydrogen-bond donors (Lipinski definition) is 2. The van der Waals surface area contributed by atoms with Crippen LogP contribution in [-0.4, -0.2) is 44.0 Å². The molecule has 2 N–H and O–H groups in total. The minimum Gasteiger partial charge on any atom is -0.495 e. The Morgan fingerprint density at radius 1 is 1.11 bits per heavy atom. The lowest BCUT2D eigenvalue weighted by atomic mass is 9.80. The molecular formula is C26H27ClN4O4. The number of carbonyl (C=O) groups excluding carboxylic acids is 3. The maximum Gasteiger partial charge on any atom is 0.251 e. The first-order valence-corrected chi connectivity index (χ1v) is 12.1. The molecule has 8 nitrogen and oxygen atoms in total. The number of ether oxygens (including phenoxy) is 1. The highest BCUT2D eigenvalue weighted by Crippen LogP contribution is 2.34. The van der Waals surface area contributed by atoms with E-state index in [-0.39, 0.29) is 35.6 Å². The molecule has 35 heavy (non-hydrogen) atoms. The zero-order valence-electron chi connectivity index (χ0n) is 19.4. The SMILES string of the molecule is COc1ccc(Cl)cc1N1CC[C@H](NC(=O)c2cccc(N3NC(=O)[C@H]4CC=CC[C@H]4C3=O)c2)C1. The van der Waals surface area contributed by atoms with Gasteiger partial charge in [0.05, 0.1) is 30.3 Å². The molecule has 0 saturated carbocycles. The van der Waals surface area contributed by atoms with Gasteiger partial charge in [0.2, 0.25) is 11.8 Å². The summed E-state index contributed by atoms with van der Waals surface area (Å²) in [4.78, 5) is 40.8. The molecule has 0 unspecified atom stereocenters. The van der Waals surface area contributed by atoms with Gasteiger partial charge >= 0.3 is 0 Å². The number of nitrogens with one attached hydrogen (secondary N) is 2. The van der Waals surface area contributed by atoms with Gasteiger partial charge in [-0.1, -0.05) is 29.8 Å². The van der Waals surface area contributed by atoms with Crippen LogP contribution in [0.15, 0.2) is 54.6 Å². The number of amides is 3. The van der Waals surface area contributed by atoms with Crippen molar-refractivity contribution in [2.75, 3.05) is 30.1 Å². The minimum atomic E-state index is -0.376. The smallest absolute Gasteiger partial charge is 0.251 e. The molecular weight excluding hydrogens is 468 g/mol. The van der Waals surface area contributed by atoms with Crippen LogP contribution in [0.4, 0.5) is 11.4 Å². The second-order valence-electron chi connectivity index (χ2n) is 9.08. The number of nitrogens with zero attached hydrogens (tertiary/aromatic N) is 2. The third kappa shape index (κ3) is 4.58. The number of benzene rings is 2. The molecule has 182 valence electrons. The number of hydrogen-bond acceptors (Lipinski definition) is 5. The van der Waals surface area contributed by atoms with Crippen molar-refractivity contribution < 1.29 is 19.1 Å². The molecule has 9 heteroatoms. The monoisotopic (exact) mass is 494 g/mol. The molecule has 3 aliphatic rings. The first-order valence-electron chi connectivity index (χ1n) is 11.7. The molecule has 3 amide bonds. The summed E-state index contributed by atoms with van der Waals surface area (Å²) in [6.45, 7) is 1.38. The molecule has 0 aromatic heterocycles. The second-order valence-corrected chi connectivity index (χ2v) is 9.51. The van der Waals surface area contributed by atoms with Crippen LogP contribution in [0.3, 0.4) is 0 Å². The van der Waals surface area contributed by atoms with E-state index in [0.29, 0.717) is 35.7 Å². The van der Waals surface area contributed by atoms with Gasteiger partial charge < -0.3 is 15.0 Å². The average molecular weight is 495 g/mol. The molecule has 5 rings (SSSR count). The van der Waals surface area contributed by atoms with Gasteiger partial charge in [-0.15, -0.1) is 0 Å². The number of fused-ring (bicyclic) bond motifs is 1. The minimum absolute atomic E-state index is 0.0547. The maximum atomic E-state index is 13.1. The van der Waals surface area contributed by atoms with E-state index in [9.17, 15) is 14.4 Å². The second kappa shape index (κ2) is 9.62. The van der Waals surface area contributed by atoms with Crippen LogP contribution < -0.4 is 25.4 Å². The van der Waals surface area contributed by atoms with Crippen LogP contribution in [0.2, 0.25) is 5.02 Å². The Morgan fingerprint density at radius 2 is 1.91 bits per heavy atom. The van der Waals surface area contributed by atoms with Gasteiger partial charge in [0.15, 0.2) is 0 Å². The van der Waals surface area contributed by atoms with Crippen molar-refractivity contribution in [2.24, 2.45) is 11.8 Å². The average Bonchev–Trinajstić information content (AvgIpc) is 3.34. The molecule has 2 aromatic carbocycles. The normalized spacial score (nSPS) is 23.7. The van der Waals surface area contributed by atoms with Crippen molar-refractivity contribution in [1.82, 2.24) is 10.7 Å². The van der Waals surface area contributed by atoms with Crippen LogP contribution in [0.25, 0.3) is 0 Å². The summed E-state index contributed by atoms with van der Waals surface area (Å²) in [6, 6.07) is 12.2. The number of halogens is 1. The van der Waals surface area contributed by atoms with Crippen molar-refractivity contribution in [3.05, 3.63) is 65.2 Å². The van der Waals surface area contributed by atoms with E-state index >= 15 is 0 Å². The van der Waals surface area contributed by atoms with E-state index in [4.69, 9.17) is 16.3 Å². The lowest BCUT2D eigenvalue weighted by Crippen LogP contribution is -2.59. The van der Waals surface area contributed by atoms with Gasteiger partial charge in [0.25, 0.3) is 5.91 Å². The van der Waals surface area contributed by atoms with Crippen molar-refractivity contribution >= 4 is 40.7 Å². The Morgan fingerprint density at radius 3 is 2.71 bits per heavy atom. The van der Waals surface area contributed by atoms with Gasteiger partial charge in [-0.25, -0.2) is 5.01 Å². The van der Waals surface area contributed by atoms with Gasteiger partial charge in [0, 0.05) is 29.7 Å². The fourth-order valence-electron chi connectivity index (χ4n) is 5.04. The largest absolute Gasteiger partial charge is 0.495 e. The summed E-state index contributed by atoms with van der Waals surface area (Å²) < 4.78 is 5.47. The van der Waals surface area contributed by atoms with E-state index in [1.165, 1.54) is 5.01 Å². The topological polar surface area (TPSA) is 91.0 Å². The molecule has 0 radical (unpaired) electrons. The number of anilines is 2. The van der Waals surface area contributed by atoms with Crippen molar-refractivity contribution in [3.8, 4) is 5.75 Å². The van der Waals surface area contributed by atoms with E-state index in [0.717, 1.165) is 24.4 Å². The highest BCUT2D eigenvalue weighted by molar-refractivity contribution is 6.31. The van der Waals surface area contributed by atoms with Crippen molar-refractivity contribution in [1.29, 1.82) is 0 Å². The predicted molar refractivity (Wildman–Crippen MR) is 134 cm³/mol. The van der Waals surface area contributed by atoms with Crippen LogP contribution in [0, 0.1) is 11.8 Å². The summed E-state index contributed by atoms with van der Waals surface area (Å²) in [5.41, 5.74) is 4.51. The Labute approximate surface area is 208 Å². The lowest BCUT2D eigenvalue weighted by Gasteiger charge is -2.38. The van der Waals surface area contributed by atoms with Gasteiger partial charge in [-0.05, 0) is 55.7 Å². The van der Waals surface area contributed by atoms with Gasteiger partial charge in [-0.3, -0.25) is 19.8 Å². The summed E-state index contributed by atoms with van der Waals surface area (Å²) in [5, 5.41) is 4.99. The van der Waals surface area contributed by atoms with Crippen molar-refractivity contribution in [2.45, 2.75) is 25.3 Å². The number of allylic oxidation sites excluding steroid dienone is 2. The molecule has 3 atom stereocenters. The number of methoxy groups -OCH3 is 1. The Bertz CT molecular complexity index is 1200. The predicted octanol–water partition coefficient (Wildman–Crippen LogP) is 3.32. The van der Waals surface area contributed by atoms with E-state index in [2.05, 4.69) is 15.6 Å². The van der Waals surface area contributed by atoms with Crippen LogP contribution in [0.1, 0.15) is 29.6 Å². The third-order valence-electron chi connectivity index (χ3n) is 6.90. The molecule has 0 spiro atoms.